The minimum absolute atomic E-state index is 0.396. The number of aromatic hydroxyl groups is 1. The summed E-state index contributed by atoms with van der Waals surface area (Å²) in [6.45, 7) is 0. The molecule has 0 bridgehead atoms. The van der Waals surface area contributed by atoms with Crippen molar-refractivity contribution in [3.05, 3.63) is 29.8 Å². The lowest BCUT2D eigenvalue weighted by molar-refractivity contribution is -0.0514. The monoisotopic (exact) mass is 430 g/mol. The van der Waals surface area contributed by atoms with Gasteiger partial charge in [0.25, 0.3) is 0 Å². The third-order valence-corrected chi connectivity index (χ3v) is 2.60. The van der Waals surface area contributed by atoms with E-state index in [0.29, 0.717) is 6.07 Å². The van der Waals surface area contributed by atoms with E-state index < -0.39 is 48.6 Å². The van der Waals surface area contributed by atoms with Crippen molar-refractivity contribution in [2.24, 2.45) is 0 Å². The fourth-order valence-corrected chi connectivity index (χ4v) is 0.539. The summed E-state index contributed by atoms with van der Waals surface area (Å²) in [7, 11) is -11.7. The van der Waals surface area contributed by atoms with Gasteiger partial charge in [-0.15, -0.1) is 0 Å². The molecular formula is C8H6F8O7S2. The van der Waals surface area contributed by atoms with Crippen LogP contribution >= 0.6 is 0 Å². The van der Waals surface area contributed by atoms with E-state index in [9.17, 15) is 35.1 Å². The van der Waals surface area contributed by atoms with Crippen LogP contribution in [0, 0.1) is 11.6 Å². The maximum Gasteiger partial charge on any atom is 0.522 e. The van der Waals surface area contributed by atoms with Crippen molar-refractivity contribution in [2.75, 3.05) is 0 Å². The molecule has 0 aliphatic rings. The van der Waals surface area contributed by atoms with Crippen molar-refractivity contribution in [1.29, 1.82) is 0 Å². The Balaban J connectivity index is 0. The van der Waals surface area contributed by atoms with Crippen LogP contribution in [-0.2, 0) is 20.2 Å². The van der Waals surface area contributed by atoms with E-state index in [1.165, 1.54) is 0 Å². The third kappa shape index (κ3) is 11.5. The maximum absolute atomic E-state index is 12.0. The molecule has 0 heterocycles. The Labute approximate surface area is 134 Å². The molecule has 25 heavy (non-hydrogen) atoms. The van der Waals surface area contributed by atoms with E-state index in [0.717, 1.165) is 12.1 Å². The standard InChI is InChI=1S/C6H4F2O.2CHF3O3S/c7-4-1-5(8)3-6(9)2-4;2*2-1(3,4)8(5,6)7/h1-3,9H;2*(H,5,6,7). The summed E-state index contributed by atoms with van der Waals surface area (Å²) < 4.78 is 139. The fraction of sp³-hybridized carbons (Fsp3) is 0.250. The molecule has 0 radical (unpaired) electrons. The zero-order chi connectivity index (χ0) is 20.9. The normalized spacial score (nSPS) is 12.4. The molecule has 0 unspecified atom stereocenters. The summed E-state index contributed by atoms with van der Waals surface area (Å²) in [6.07, 6.45) is 0. The van der Waals surface area contributed by atoms with Crippen LogP contribution in [0.25, 0.3) is 0 Å². The molecule has 17 heteroatoms. The molecule has 1 rings (SSSR count). The van der Waals surface area contributed by atoms with Crippen molar-refractivity contribution in [3.63, 3.8) is 0 Å². The quantitative estimate of drug-likeness (QED) is 0.328. The van der Waals surface area contributed by atoms with Crippen LogP contribution < -0.4 is 0 Å². The van der Waals surface area contributed by atoms with Gasteiger partial charge < -0.3 is 5.11 Å². The van der Waals surface area contributed by atoms with Gasteiger partial charge in [0.15, 0.2) is 0 Å². The van der Waals surface area contributed by atoms with Crippen LogP contribution in [0.4, 0.5) is 35.1 Å². The predicted molar refractivity (Wildman–Crippen MR) is 63.2 cm³/mol. The van der Waals surface area contributed by atoms with E-state index >= 15 is 0 Å². The fourth-order valence-electron chi connectivity index (χ4n) is 0.539. The van der Waals surface area contributed by atoms with E-state index in [1.807, 2.05) is 0 Å². The van der Waals surface area contributed by atoms with Gasteiger partial charge in [0.05, 0.1) is 0 Å². The molecule has 0 saturated carbocycles. The smallest absolute Gasteiger partial charge is 0.508 e. The molecule has 0 atom stereocenters. The molecule has 1 aromatic rings. The molecule has 7 nitrogen and oxygen atoms in total. The molecule has 0 amide bonds. The van der Waals surface area contributed by atoms with Crippen LogP contribution in [0.3, 0.4) is 0 Å². The van der Waals surface area contributed by atoms with Gasteiger partial charge in [0.2, 0.25) is 0 Å². The van der Waals surface area contributed by atoms with Crippen molar-refractivity contribution in [1.82, 2.24) is 0 Å². The van der Waals surface area contributed by atoms with Gasteiger partial charge in [-0.05, 0) is 0 Å². The molecular weight excluding hydrogens is 424 g/mol. The topological polar surface area (TPSA) is 129 Å². The molecule has 3 N–H and O–H groups in total. The van der Waals surface area contributed by atoms with Crippen molar-refractivity contribution in [3.8, 4) is 5.75 Å². The minimum atomic E-state index is -5.84. The number of alkyl halides is 6. The summed E-state index contributed by atoms with van der Waals surface area (Å²) in [6, 6.07) is 2.37. The Bertz CT molecular complexity index is 674. The molecule has 0 spiro atoms. The van der Waals surface area contributed by atoms with Crippen molar-refractivity contribution in [2.45, 2.75) is 11.0 Å². The SMILES string of the molecule is O=S(=O)(O)C(F)(F)F.O=S(=O)(O)C(F)(F)F.Oc1cc(F)cc(F)c1. The van der Waals surface area contributed by atoms with Crippen LogP contribution in [-0.4, -0.2) is 42.1 Å². The molecule has 0 aliphatic carbocycles. The summed E-state index contributed by atoms with van der Waals surface area (Å²) in [5.74, 6) is -1.94. The Morgan fingerprint density at radius 2 is 0.880 bits per heavy atom. The summed E-state index contributed by atoms with van der Waals surface area (Å²) in [5.41, 5.74) is -11.1. The van der Waals surface area contributed by atoms with Gasteiger partial charge in [0.1, 0.15) is 17.4 Å². The highest BCUT2D eigenvalue weighted by atomic mass is 32.2. The molecule has 0 fully saturated rings. The highest BCUT2D eigenvalue weighted by molar-refractivity contribution is 7.86. The average Bonchev–Trinajstić information content (AvgIpc) is 2.21. The first-order chi connectivity index (χ1) is 10.7. The van der Waals surface area contributed by atoms with Crippen LogP contribution in [0.1, 0.15) is 0 Å². The van der Waals surface area contributed by atoms with Crippen molar-refractivity contribution >= 4 is 20.2 Å². The number of phenolic OH excluding ortho intramolecular Hbond substituents is 1. The van der Waals surface area contributed by atoms with E-state index in [2.05, 4.69) is 0 Å². The first kappa shape index (κ1) is 25.5. The lowest BCUT2D eigenvalue weighted by atomic mass is 10.3. The second-order valence-corrected chi connectivity index (χ2v) is 6.30. The highest BCUT2D eigenvalue weighted by Crippen LogP contribution is 2.21. The van der Waals surface area contributed by atoms with Crippen molar-refractivity contribution < 1.29 is 66.2 Å². The van der Waals surface area contributed by atoms with E-state index in [-0.39, 0.29) is 0 Å². The van der Waals surface area contributed by atoms with Crippen LogP contribution in [0.5, 0.6) is 5.75 Å². The summed E-state index contributed by atoms with van der Waals surface area (Å²) in [5, 5.41) is 8.51. The maximum atomic E-state index is 12.0. The van der Waals surface area contributed by atoms with Gasteiger partial charge in [-0.3, -0.25) is 9.11 Å². The lowest BCUT2D eigenvalue weighted by Gasteiger charge is -1.97. The lowest BCUT2D eigenvalue weighted by Crippen LogP contribution is -2.21. The zero-order valence-electron chi connectivity index (χ0n) is 11.0. The van der Waals surface area contributed by atoms with Gasteiger partial charge in [-0.2, -0.15) is 43.2 Å². The van der Waals surface area contributed by atoms with Gasteiger partial charge in [0, 0.05) is 18.2 Å². The molecule has 1 aromatic carbocycles. The third-order valence-electron chi connectivity index (χ3n) is 1.43. The van der Waals surface area contributed by atoms with Crippen LogP contribution in [0.2, 0.25) is 0 Å². The van der Waals surface area contributed by atoms with Crippen LogP contribution in [0.15, 0.2) is 18.2 Å². The Kier molecular flexibility index (Phi) is 8.76. The first-order valence-corrected chi connectivity index (χ1v) is 7.79. The van der Waals surface area contributed by atoms with Gasteiger partial charge in [-0.1, -0.05) is 0 Å². The largest absolute Gasteiger partial charge is 0.522 e. The average molecular weight is 430 g/mol. The second-order valence-electron chi connectivity index (χ2n) is 3.47. The zero-order valence-corrected chi connectivity index (χ0v) is 12.7. The number of hydrogen-bond acceptors (Lipinski definition) is 5. The number of benzene rings is 1. The summed E-state index contributed by atoms with van der Waals surface area (Å²) >= 11 is 0. The Hall–Kier alpha value is -1.72. The number of halogens is 8. The van der Waals surface area contributed by atoms with Gasteiger partial charge in [-0.25, -0.2) is 8.78 Å². The molecule has 0 aliphatic heterocycles. The number of hydrogen-bond donors (Lipinski definition) is 3. The highest BCUT2D eigenvalue weighted by Gasteiger charge is 2.45. The number of phenols is 1. The minimum Gasteiger partial charge on any atom is -0.508 e. The van der Waals surface area contributed by atoms with Gasteiger partial charge >= 0.3 is 31.3 Å². The molecule has 148 valence electrons. The number of rotatable bonds is 0. The van der Waals surface area contributed by atoms with E-state index in [1.54, 1.807) is 0 Å². The Morgan fingerprint density at radius 1 is 0.680 bits per heavy atom. The van der Waals surface area contributed by atoms with E-state index in [4.69, 9.17) is 31.0 Å². The first-order valence-electron chi connectivity index (χ1n) is 4.91. The predicted octanol–water partition coefficient (Wildman–Crippen LogP) is 2.46. The Morgan fingerprint density at radius 3 is 1.00 bits per heavy atom. The summed E-state index contributed by atoms with van der Waals surface area (Å²) in [4.78, 5) is 0. The molecule has 0 saturated heterocycles. The second kappa shape index (κ2) is 8.59. The molecule has 0 aromatic heterocycles.